The fraction of sp³-hybridized carbons (Fsp3) is 0. The van der Waals surface area contributed by atoms with Crippen molar-refractivity contribution >= 4 is 5.97 Å². The number of carboxylic acids is 1. The summed E-state index contributed by atoms with van der Waals surface area (Å²) in [5.41, 5.74) is 8.22. The van der Waals surface area contributed by atoms with E-state index in [1.807, 2.05) is 66.7 Å². The van der Waals surface area contributed by atoms with E-state index in [0.717, 1.165) is 38.9 Å². The van der Waals surface area contributed by atoms with Gasteiger partial charge in [-0.3, -0.25) is 0 Å². The maximum absolute atomic E-state index is 12.2. The third kappa shape index (κ3) is 4.07. The Hall–Kier alpha value is -4.43. The Bertz CT molecular complexity index is 1350. The molecule has 1 N–H and O–H groups in total. The van der Waals surface area contributed by atoms with Crippen molar-refractivity contribution in [1.29, 1.82) is 0 Å². The summed E-state index contributed by atoms with van der Waals surface area (Å²) in [6, 6.07) is 42.2. The van der Waals surface area contributed by atoms with Crippen molar-refractivity contribution in [3.8, 4) is 44.5 Å². The molecule has 0 unspecified atom stereocenters. The second kappa shape index (κ2) is 8.97. The number of rotatable bonds is 5. The van der Waals surface area contributed by atoms with Crippen molar-refractivity contribution in [3.05, 3.63) is 133 Å². The van der Waals surface area contributed by atoms with Gasteiger partial charge in [0, 0.05) is 0 Å². The van der Waals surface area contributed by atoms with Gasteiger partial charge < -0.3 is 5.11 Å². The van der Waals surface area contributed by atoms with E-state index in [0.29, 0.717) is 11.1 Å². The van der Waals surface area contributed by atoms with Crippen LogP contribution in [0.2, 0.25) is 0 Å². The molecule has 0 saturated heterocycles. The van der Waals surface area contributed by atoms with E-state index in [-0.39, 0.29) is 0 Å². The normalized spacial score (nSPS) is 10.7. The minimum absolute atomic E-state index is 0.291. The van der Waals surface area contributed by atoms with Gasteiger partial charge in [0.1, 0.15) is 0 Å². The molecule has 0 fully saturated rings. The molecule has 158 valence electrons. The summed E-state index contributed by atoms with van der Waals surface area (Å²) in [6.45, 7) is 0. The SMILES string of the molecule is O=C(O)c1ccccc1-c1c(-c2ccccc2)cc(-c2ccccc2)cc1-c1ccccc1. The molecule has 0 atom stereocenters. The van der Waals surface area contributed by atoms with E-state index in [9.17, 15) is 9.90 Å². The highest BCUT2D eigenvalue weighted by molar-refractivity contribution is 6.04. The third-order valence-electron chi connectivity index (χ3n) is 5.84. The molecule has 0 aromatic heterocycles. The molecule has 5 aromatic rings. The maximum atomic E-state index is 12.2. The minimum Gasteiger partial charge on any atom is -0.478 e. The lowest BCUT2D eigenvalue weighted by Crippen LogP contribution is -2.01. The average Bonchev–Trinajstić information content (AvgIpc) is 2.89. The Labute approximate surface area is 193 Å². The van der Waals surface area contributed by atoms with E-state index in [2.05, 4.69) is 48.5 Å². The van der Waals surface area contributed by atoms with E-state index < -0.39 is 5.97 Å². The Kier molecular flexibility index (Phi) is 5.57. The van der Waals surface area contributed by atoms with Crippen molar-refractivity contribution in [1.82, 2.24) is 0 Å². The molecule has 0 aliphatic carbocycles. The van der Waals surface area contributed by atoms with Crippen LogP contribution in [0.3, 0.4) is 0 Å². The predicted molar refractivity (Wildman–Crippen MR) is 135 cm³/mol. The van der Waals surface area contributed by atoms with Gasteiger partial charge in [-0.05, 0) is 62.7 Å². The summed E-state index contributed by atoms with van der Waals surface area (Å²) in [5.74, 6) is -0.934. The summed E-state index contributed by atoms with van der Waals surface area (Å²) < 4.78 is 0. The third-order valence-corrected chi connectivity index (χ3v) is 5.84. The second-order valence-electron chi connectivity index (χ2n) is 7.90. The van der Waals surface area contributed by atoms with Crippen LogP contribution >= 0.6 is 0 Å². The van der Waals surface area contributed by atoms with Gasteiger partial charge in [-0.15, -0.1) is 0 Å². The zero-order valence-electron chi connectivity index (χ0n) is 18.0. The highest BCUT2D eigenvalue weighted by atomic mass is 16.4. The highest BCUT2D eigenvalue weighted by Gasteiger charge is 2.20. The average molecular weight is 427 g/mol. The van der Waals surface area contributed by atoms with Crippen LogP contribution in [0.15, 0.2) is 127 Å². The quantitative estimate of drug-likeness (QED) is 0.309. The number of carboxylic acid groups (broad SMARTS) is 1. The summed E-state index contributed by atoms with van der Waals surface area (Å²) in [6.07, 6.45) is 0. The van der Waals surface area contributed by atoms with Crippen molar-refractivity contribution in [2.75, 3.05) is 0 Å². The topological polar surface area (TPSA) is 37.3 Å². The number of hydrogen-bond acceptors (Lipinski definition) is 1. The fourth-order valence-electron chi connectivity index (χ4n) is 4.31. The van der Waals surface area contributed by atoms with Crippen molar-refractivity contribution in [3.63, 3.8) is 0 Å². The van der Waals surface area contributed by atoms with Crippen molar-refractivity contribution < 1.29 is 9.90 Å². The van der Waals surface area contributed by atoms with Crippen LogP contribution in [0.5, 0.6) is 0 Å². The number of benzene rings is 5. The summed E-state index contributed by atoms with van der Waals surface area (Å²) in [7, 11) is 0. The van der Waals surface area contributed by atoms with E-state index in [1.54, 1.807) is 12.1 Å². The molecule has 0 bridgehead atoms. The monoisotopic (exact) mass is 426 g/mol. The Morgan fingerprint density at radius 1 is 0.455 bits per heavy atom. The van der Waals surface area contributed by atoms with Gasteiger partial charge in [-0.25, -0.2) is 4.79 Å². The van der Waals surface area contributed by atoms with Gasteiger partial charge in [0.15, 0.2) is 0 Å². The first-order chi connectivity index (χ1) is 16.2. The second-order valence-corrected chi connectivity index (χ2v) is 7.90. The highest BCUT2D eigenvalue weighted by Crippen LogP contribution is 2.44. The molecular weight excluding hydrogens is 404 g/mol. The number of hydrogen-bond donors (Lipinski definition) is 1. The first-order valence-corrected chi connectivity index (χ1v) is 10.9. The molecule has 5 rings (SSSR count). The van der Waals surface area contributed by atoms with E-state index in [1.165, 1.54) is 0 Å². The van der Waals surface area contributed by atoms with Gasteiger partial charge >= 0.3 is 5.97 Å². The van der Waals surface area contributed by atoms with Crippen molar-refractivity contribution in [2.45, 2.75) is 0 Å². The zero-order chi connectivity index (χ0) is 22.6. The molecule has 2 heteroatoms. The molecule has 0 aliphatic rings. The van der Waals surface area contributed by atoms with Crippen LogP contribution < -0.4 is 0 Å². The molecule has 0 aliphatic heterocycles. The van der Waals surface area contributed by atoms with Crippen LogP contribution in [0.25, 0.3) is 44.5 Å². The Balaban J connectivity index is 1.92. The molecule has 2 nitrogen and oxygen atoms in total. The minimum atomic E-state index is -0.934. The molecule has 0 amide bonds. The summed E-state index contributed by atoms with van der Waals surface area (Å²) >= 11 is 0. The van der Waals surface area contributed by atoms with Gasteiger partial charge in [-0.1, -0.05) is 109 Å². The molecule has 0 spiro atoms. The molecule has 0 saturated carbocycles. The maximum Gasteiger partial charge on any atom is 0.336 e. The largest absolute Gasteiger partial charge is 0.478 e. The molecule has 0 radical (unpaired) electrons. The Morgan fingerprint density at radius 2 is 0.879 bits per heavy atom. The molecule has 5 aromatic carbocycles. The van der Waals surface area contributed by atoms with Crippen LogP contribution in [0, 0.1) is 0 Å². The first kappa shape index (κ1) is 20.5. The molecule has 33 heavy (non-hydrogen) atoms. The van der Waals surface area contributed by atoms with Crippen molar-refractivity contribution in [2.24, 2.45) is 0 Å². The van der Waals surface area contributed by atoms with Gasteiger partial charge in [-0.2, -0.15) is 0 Å². The van der Waals surface area contributed by atoms with Gasteiger partial charge in [0.2, 0.25) is 0 Å². The lowest BCUT2D eigenvalue weighted by molar-refractivity contribution is 0.0697. The molecular formula is C31H22O2. The van der Waals surface area contributed by atoms with Crippen LogP contribution in [-0.4, -0.2) is 11.1 Å². The summed E-state index contributed by atoms with van der Waals surface area (Å²) in [4.78, 5) is 12.2. The van der Waals surface area contributed by atoms with Gasteiger partial charge in [0.05, 0.1) is 5.56 Å². The van der Waals surface area contributed by atoms with E-state index >= 15 is 0 Å². The number of aromatic carboxylic acids is 1. The predicted octanol–water partition coefficient (Wildman–Crippen LogP) is 8.05. The fourth-order valence-corrected chi connectivity index (χ4v) is 4.31. The lowest BCUT2D eigenvalue weighted by atomic mass is 9.83. The first-order valence-electron chi connectivity index (χ1n) is 10.9. The number of carbonyl (C=O) groups is 1. The van der Waals surface area contributed by atoms with Crippen LogP contribution in [-0.2, 0) is 0 Å². The standard InChI is InChI=1S/C31H22O2/c32-31(33)27-19-11-10-18-26(27)30-28(23-14-6-2-7-15-23)20-25(22-12-4-1-5-13-22)21-29(30)24-16-8-3-9-17-24/h1-21H,(H,32,33). The van der Waals surface area contributed by atoms with Crippen LogP contribution in [0.1, 0.15) is 10.4 Å². The Morgan fingerprint density at radius 3 is 1.36 bits per heavy atom. The summed E-state index contributed by atoms with van der Waals surface area (Å²) in [5, 5.41) is 9.98. The lowest BCUT2D eigenvalue weighted by Gasteiger charge is -2.20. The van der Waals surface area contributed by atoms with Gasteiger partial charge in [0.25, 0.3) is 0 Å². The smallest absolute Gasteiger partial charge is 0.336 e. The molecule has 0 heterocycles. The van der Waals surface area contributed by atoms with E-state index in [4.69, 9.17) is 0 Å². The van der Waals surface area contributed by atoms with Crippen LogP contribution in [0.4, 0.5) is 0 Å². The zero-order valence-corrected chi connectivity index (χ0v) is 18.0.